The van der Waals surface area contributed by atoms with E-state index in [1.807, 2.05) is 26.8 Å². The lowest BCUT2D eigenvalue weighted by molar-refractivity contribution is 0.102. The van der Waals surface area contributed by atoms with Crippen molar-refractivity contribution in [2.45, 2.75) is 26.7 Å². The van der Waals surface area contributed by atoms with Crippen molar-refractivity contribution in [3.63, 3.8) is 0 Å². The van der Waals surface area contributed by atoms with E-state index in [2.05, 4.69) is 21.5 Å². The first-order chi connectivity index (χ1) is 12.5. The van der Waals surface area contributed by atoms with Crippen LogP contribution in [0.15, 0.2) is 47.0 Å². The lowest BCUT2D eigenvalue weighted by atomic mass is 10.1. The molecule has 0 unspecified atom stereocenters. The summed E-state index contributed by atoms with van der Waals surface area (Å²) in [6, 6.07) is 14.3. The molecule has 0 spiro atoms. The zero-order valence-corrected chi connectivity index (χ0v) is 14.8. The fraction of sp³-hybridized carbons (Fsp3) is 0.200. The van der Waals surface area contributed by atoms with E-state index in [4.69, 9.17) is 9.78 Å². The molecule has 0 fully saturated rings. The van der Waals surface area contributed by atoms with Crippen molar-refractivity contribution in [2.75, 3.05) is 5.32 Å². The molecule has 0 saturated carbocycles. The minimum absolute atomic E-state index is 0.129. The molecule has 6 nitrogen and oxygen atoms in total. The molecule has 0 aliphatic heterocycles. The van der Waals surface area contributed by atoms with E-state index in [9.17, 15) is 4.79 Å². The molecule has 26 heavy (non-hydrogen) atoms. The summed E-state index contributed by atoms with van der Waals surface area (Å²) in [5, 5.41) is 15.9. The third kappa shape index (κ3) is 3.47. The number of aryl methyl sites for hydroxylation is 1. The van der Waals surface area contributed by atoms with Crippen LogP contribution in [0.5, 0.6) is 0 Å². The molecule has 1 N–H and O–H groups in total. The van der Waals surface area contributed by atoms with E-state index >= 15 is 0 Å². The first-order valence-corrected chi connectivity index (χ1v) is 8.24. The van der Waals surface area contributed by atoms with Gasteiger partial charge in [-0.3, -0.25) is 4.79 Å². The molecule has 0 radical (unpaired) electrons. The SMILES string of the molecule is Cc1ccc(C#N)cc1NC(=O)c1ccccc1-c1nc(C(C)C)no1. The van der Waals surface area contributed by atoms with Crippen LogP contribution >= 0.6 is 0 Å². The normalized spacial score (nSPS) is 10.6. The Kier molecular flexibility index (Phi) is 4.81. The van der Waals surface area contributed by atoms with E-state index < -0.39 is 0 Å². The van der Waals surface area contributed by atoms with Crippen LogP contribution in [0.4, 0.5) is 5.69 Å². The number of hydrogen-bond acceptors (Lipinski definition) is 5. The quantitative estimate of drug-likeness (QED) is 0.760. The number of amides is 1. The highest BCUT2D eigenvalue weighted by atomic mass is 16.5. The highest BCUT2D eigenvalue weighted by molar-refractivity contribution is 6.08. The number of nitriles is 1. The van der Waals surface area contributed by atoms with Gasteiger partial charge < -0.3 is 9.84 Å². The molecule has 1 amide bonds. The zero-order chi connectivity index (χ0) is 18.7. The molecule has 0 saturated heterocycles. The van der Waals surface area contributed by atoms with E-state index in [1.165, 1.54) is 0 Å². The molecule has 1 aromatic heterocycles. The number of anilines is 1. The average molecular weight is 346 g/mol. The maximum absolute atomic E-state index is 12.8. The van der Waals surface area contributed by atoms with Gasteiger partial charge in [-0.15, -0.1) is 0 Å². The number of aromatic nitrogens is 2. The Balaban J connectivity index is 1.95. The van der Waals surface area contributed by atoms with Gasteiger partial charge in [0.1, 0.15) is 0 Å². The molecule has 0 aliphatic carbocycles. The Morgan fingerprint density at radius 1 is 1.23 bits per heavy atom. The summed E-state index contributed by atoms with van der Waals surface area (Å²) in [6.07, 6.45) is 0. The molecular formula is C20H18N4O2. The number of hydrogen-bond donors (Lipinski definition) is 1. The topological polar surface area (TPSA) is 91.8 Å². The van der Waals surface area contributed by atoms with Crippen molar-refractivity contribution >= 4 is 11.6 Å². The fourth-order valence-corrected chi connectivity index (χ4v) is 2.46. The van der Waals surface area contributed by atoms with Crippen LogP contribution in [0.3, 0.4) is 0 Å². The number of rotatable bonds is 4. The first kappa shape index (κ1) is 17.4. The number of carbonyl (C=O) groups excluding carboxylic acids is 1. The monoisotopic (exact) mass is 346 g/mol. The maximum Gasteiger partial charge on any atom is 0.258 e. The smallest absolute Gasteiger partial charge is 0.258 e. The van der Waals surface area contributed by atoms with Gasteiger partial charge in [-0.25, -0.2) is 0 Å². The second-order valence-electron chi connectivity index (χ2n) is 6.25. The van der Waals surface area contributed by atoms with Crippen molar-refractivity contribution in [1.29, 1.82) is 5.26 Å². The number of nitrogens with one attached hydrogen (secondary N) is 1. The predicted molar refractivity (Wildman–Crippen MR) is 97.7 cm³/mol. The number of benzene rings is 2. The van der Waals surface area contributed by atoms with Crippen molar-refractivity contribution in [3.8, 4) is 17.5 Å². The van der Waals surface area contributed by atoms with E-state index in [-0.39, 0.29) is 11.8 Å². The molecule has 0 atom stereocenters. The first-order valence-electron chi connectivity index (χ1n) is 8.24. The van der Waals surface area contributed by atoms with E-state index in [1.54, 1.807) is 36.4 Å². The Morgan fingerprint density at radius 2 is 2.00 bits per heavy atom. The van der Waals surface area contributed by atoms with Crippen molar-refractivity contribution in [2.24, 2.45) is 0 Å². The molecule has 130 valence electrons. The van der Waals surface area contributed by atoms with Gasteiger partial charge in [0.25, 0.3) is 11.8 Å². The molecule has 0 aliphatic rings. The highest BCUT2D eigenvalue weighted by Crippen LogP contribution is 2.25. The lowest BCUT2D eigenvalue weighted by Gasteiger charge is -2.10. The maximum atomic E-state index is 12.8. The van der Waals surface area contributed by atoms with Gasteiger partial charge in [0, 0.05) is 11.6 Å². The van der Waals surface area contributed by atoms with Gasteiger partial charge in [-0.1, -0.05) is 37.2 Å². The van der Waals surface area contributed by atoms with Crippen molar-refractivity contribution in [1.82, 2.24) is 10.1 Å². The summed E-state index contributed by atoms with van der Waals surface area (Å²) >= 11 is 0. The van der Waals surface area contributed by atoms with Gasteiger partial charge in [0.05, 0.1) is 22.8 Å². The van der Waals surface area contributed by atoms with Crippen LogP contribution < -0.4 is 5.32 Å². The standard InChI is InChI=1S/C20H18N4O2/c1-12(2)18-23-20(26-24-18)16-7-5-4-6-15(16)19(25)22-17-10-14(11-21)9-8-13(17)3/h4-10,12H,1-3H3,(H,22,25). The van der Waals surface area contributed by atoms with Crippen LogP contribution in [0.2, 0.25) is 0 Å². The van der Waals surface area contributed by atoms with Gasteiger partial charge in [-0.2, -0.15) is 10.2 Å². The summed E-state index contributed by atoms with van der Waals surface area (Å²) in [5.41, 5.74) is 2.94. The third-order valence-electron chi connectivity index (χ3n) is 3.98. The summed E-state index contributed by atoms with van der Waals surface area (Å²) < 4.78 is 5.33. The number of carbonyl (C=O) groups is 1. The highest BCUT2D eigenvalue weighted by Gasteiger charge is 2.19. The van der Waals surface area contributed by atoms with E-state index in [0.717, 1.165) is 5.56 Å². The molecule has 1 heterocycles. The van der Waals surface area contributed by atoms with Crippen molar-refractivity contribution < 1.29 is 9.32 Å². The second-order valence-corrected chi connectivity index (χ2v) is 6.25. The van der Waals surface area contributed by atoms with Crippen LogP contribution in [0.25, 0.3) is 11.5 Å². The van der Waals surface area contributed by atoms with Crippen molar-refractivity contribution in [3.05, 3.63) is 65.0 Å². The van der Waals surface area contributed by atoms with Gasteiger partial charge in [-0.05, 0) is 36.8 Å². The molecule has 3 aromatic rings. The summed E-state index contributed by atoms with van der Waals surface area (Å²) in [4.78, 5) is 17.2. The lowest BCUT2D eigenvalue weighted by Crippen LogP contribution is -2.14. The molecular weight excluding hydrogens is 328 g/mol. The Hall–Kier alpha value is -3.46. The Labute approximate surface area is 151 Å². The van der Waals surface area contributed by atoms with Gasteiger partial charge in [0.15, 0.2) is 5.82 Å². The molecule has 3 rings (SSSR count). The largest absolute Gasteiger partial charge is 0.334 e. The fourth-order valence-electron chi connectivity index (χ4n) is 2.46. The average Bonchev–Trinajstić information content (AvgIpc) is 3.14. The van der Waals surface area contributed by atoms with Gasteiger partial charge in [0.2, 0.25) is 0 Å². The summed E-state index contributed by atoms with van der Waals surface area (Å²) in [7, 11) is 0. The van der Waals surface area contributed by atoms with Crippen LogP contribution in [0, 0.1) is 18.3 Å². The predicted octanol–water partition coefficient (Wildman–Crippen LogP) is 4.29. The summed E-state index contributed by atoms with van der Waals surface area (Å²) in [5.74, 6) is 0.725. The minimum atomic E-state index is -0.303. The Morgan fingerprint density at radius 3 is 2.69 bits per heavy atom. The Bertz CT molecular complexity index is 999. The second kappa shape index (κ2) is 7.19. The van der Waals surface area contributed by atoms with Crippen LogP contribution in [-0.2, 0) is 0 Å². The zero-order valence-electron chi connectivity index (χ0n) is 14.8. The third-order valence-corrected chi connectivity index (χ3v) is 3.98. The molecule has 2 aromatic carbocycles. The van der Waals surface area contributed by atoms with Crippen LogP contribution in [0.1, 0.15) is 47.1 Å². The number of nitrogens with zero attached hydrogens (tertiary/aromatic N) is 3. The van der Waals surface area contributed by atoms with Gasteiger partial charge >= 0.3 is 0 Å². The van der Waals surface area contributed by atoms with Crippen LogP contribution in [-0.4, -0.2) is 16.0 Å². The molecule has 6 heteroatoms. The summed E-state index contributed by atoms with van der Waals surface area (Å²) in [6.45, 7) is 5.81. The molecule has 0 bridgehead atoms. The van der Waals surface area contributed by atoms with E-state index in [0.29, 0.717) is 34.1 Å². The minimum Gasteiger partial charge on any atom is -0.334 e.